The average molecular weight is 465 g/mol. The largest absolute Gasteiger partial charge is 0.364 e. The van der Waals surface area contributed by atoms with Crippen LogP contribution in [0.2, 0.25) is 0 Å². The van der Waals surface area contributed by atoms with E-state index in [0.29, 0.717) is 30.3 Å². The lowest BCUT2D eigenvalue weighted by Gasteiger charge is -2.29. The number of hydrogen-bond acceptors (Lipinski definition) is 4. The number of rotatable bonds is 4. The van der Waals surface area contributed by atoms with Crippen LogP contribution in [-0.2, 0) is 11.2 Å². The van der Waals surface area contributed by atoms with Crippen LogP contribution in [0.1, 0.15) is 44.9 Å². The number of aryl methyl sites for hydroxylation is 1. The van der Waals surface area contributed by atoms with Crippen LogP contribution >= 0.6 is 0 Å². The molecule has 0 bridgehead atoms. The Labute approximate surface area is 193 Å². The summed E-state index contributed by atoms with van der Waals surface area (Å²) in [5, 5.41) is 4.14. The molecule has 2 aliphatic rings. The summed E-state index contributed by atoms with van der Waals surface area (Å²) in [6.45, 7) is 2.76. The van der Waals surface area contributed by atoms with Gasteiger partial charge in [0.25, 0.3) is 11.8 Å². The van der Waals surface area contributed by atoms with Crippen LogP contribution in [-0.4, -0.2) is 40.6 Å². The molecule has 0 atom stereocenters. The third-order valence-corrected chi connectivity index (χ3v) is 6.20. The van der Waals surface area contributed by atoms with Gasteiger partial charge in [0.2, 0.25) is 5.91 Å². The number of carbonyl (C=O) groups excluding carboxylic acids is 3. The second kappa shape index (κ2) is 8.05. The molecule has 5 rings (SSSR count). The maximum atomic E-state index is 13.9. The molecule has 3 heterocycles. The van der Waals surface area contributed by atoms with E-state index in [1.807, 2.05) is 13.0 Å². The Kier molecular flexibility index (Phi) is 5.15. The molecule has 10 heteroatoms. The van der Waals surface area contributed by atoms with E-state index in [1.165, 1.54) is 4.90 Å². The van der Waals surface area contributed by atoms with Crippen molar-refractivity contribution in [2.45, 2.75) is 26.2 Å². The first kappa shape index (κ1) is 21.7. The third-order valence-electron chi connectivity index (χ3n) is 6.20. The molecule has 1 saturated heterocycles. The molecule has 3 amide bonds. The topological polar surface area (TPSA) is 102 Å². The molecule has 2 aliphatic heterocycles. The first-order chi connectivity index (χ1) is 16.2. The van der Waals surface area contributed by atoms with Gasteiger partial charge in [-0.25, -0.2) is 13.5 Å². The maximum Gasteiger partial charge on any atom is 0.277 e. The number of hydrogen-bond donors (Lipinski definition) is 1. The molecular weight excluding hydrogens is 444 g/mol. The highest BCUT2D eigenvalue weighted by Gasteiger charge is 2.35. The highest BCUT2D eigenvalue weighted by molar-refractivity contribution is 6.10. The summed E-state index contributed by atoms with van der Waals surface area (Å²) in [6.07, 6.45) is 1.60. The molecule has 0 radical (unpaired) electrons. The molecule has 34 heavy (non-hydrogen) atoms. The van der Waals surface area contributed by atoms with E-state index < -0.39 is 23.4 Å². The Balaban J connectivity index is 1.57. The number of aromatic nitrogens is 2. The fraction of sp³-hybridized carbons (Fsp3) is 0.250. The van der Waals surface area contributed by atoms with Crippen LogP contribution < -0.4 is 15.5 Å². The van der Waals surface area contributed by atoms with Gasteiger partial charge in [0, 0.05) is 42.5 Å². The van der Waals surface area contributed by atoms with E-state index >= 15 is 0 Å². The number of primary amides is 1. The summed E-state index contributed by atoms with van der Waals surface area (Å²) in [5.41, 5.74) is 7.89. The average Bonchev–Trinajstić information content (AvgIpc) is 3.38. The number of anilines is 2. The Hall–Kier alpha value is -4.08. The van der Waals surface area contributed by atoms with Crippen molar-refractivity contribution in [2.24, 2.45) is 5.73 Å². The van der Waals surface area contributed by atoms with Crippen LogP contribution in [0.15, 0.2) is 36.4 Å². The van der Waals surface area contributed by atoms with Crippen molar-refractivity contribution >= 4 is 29.1 Å². The minimum atomic E-state index is -0.845. The van der Waals surface area contributed by atoms with Gasteiger partial charge in [0.15, 0.2) is 5.69 Å². The van der Waals surface area contributed by atoms with Gasteiger partial charge in [0.1, 0.15) is 17.3 Å². The Morgan fingerprint density at radius 2 is 1.71 bits per heavy atom. The van der Waals surface area contributed by atoms with Gasteiger partial charge in [-0.05, 0) is 55.7 Å². The van der Waals surface area contributed by atoms with Gasteiger partial charge in [-0.1, -0.05) is 0 Å². The van der Waals surface area contributed by atoms with Crippen molar-refractivity contribution in [3.8, 4) is 5.69 Å². The van der Waals surface area contributed by atoms with Crippen molar-refractivity contribution in [2.75, 3.05) is 22.9 Å². The van der Waals surface area contributed by atoms with E-state index in [1.54, 1.807) is 17.0 Å². The summed E-state index contributed by atoms with van der Waals surface area (Å²) >= 11 is 0. The fourth-order valence-electron chi connectivity index (χ4n) is 4.67. The number of halogens is 2. The van der Waals surface area contributed by atoms with Crippen LogP contribution in [0.3, 0.4) is 0 Å². The normalized spacial score (nSPS) is 15.7. The SMILES string of the molecule is Cc1cc(N2CCCC2=O)ccc1N1CCc2c(C(N)=O)nn(-c3cc(F)cc(F)c3)c2C1=O. The van der Waals surface area contributed by atoms with Crippen LogP contribution in [0.25, 0.3) is 5.69 Å². The number of nitrogens with two attached hydrogens (primary N) is 1. The van der Waals surface area contributed by atoms with Gasteiger partial charge < -0.3 is 15.5 Å². The number of nitrogens with zero attached hydrogens (tertiary/aromatic N) is 4. The number of amides is 3. The Morgan fingerprint density at radius 1 is 0.971 bits per heavy atom. The van der Waals surface area contributed by atoms with Gasteiger partial charge in [-0.2, -0.15) is 5.10 Å². The molecule has 2 N–H and O–H groups in total. The predicted octanol–water partition coefficient (Wildman–Crippen LogP) is 2.89. The Morgan fingerprint density at radius 3 is 2.32 bits per heavy atom. The van der Waals surface area contributed by atoms with E-state index in [9.17, 15) is 23.2 Å². The molecule has 1 aromatic heterocycles. The Bertz CT molecular complexity index is 1350. The van der Waals surface area contributed by atoms with Crippen molar-refractivity contribution in [3.05, 3.63) is 70.5 Å². The van der Waals surface area contributed by atoms with Crippen molar-refractivity contribution in [3.63, 3.8) is 0 Å². The fourth-order valence-corrected chi connectivity index (χ4v) is 4.67. The smallest absolute Gasteiger partial charge is 0.277 e. The van der Waals surface area contributed by atoms with Crippen LogP contribution in [0.4, 0.5) is 20.2 Å². The van der Waals surface area contributed by atoms with E-state index in [-0.39, 0.29) is 35.9 Å². The van der Waals surface area contributed by atoms with Crippen LogP contribution in [0, 0.1) is 18.6 Å². The molecular formula is C24H21F2N5O3. The number of fused-ring (bicyclic) bond motifs is 1. The lowest BCUT2D eigenvalue weighted by Crippen LogP contribution is -2.39. The standard InChI is InChI=1S/C24H21F2N5O3/c1-13-9-16(29-7-2-3-20(29)32)4-5-19(13)30-8-6-18-21(23(27)33)28-31(22(18)24(30)34)17-11-14(25)10-15(26)12-17/h4-5,9-12H,2-3,6-8H2,1H3,(H2,27,33). The van der Waals surface area contributed by atoms with E-state index in [4.69, 9.17) is 5.73 Å². The summed E-state index contributed by atoms with van der Waals surface area (Å²) < 4.78 is 28.9. The molecule has 174 valence electrons. The third kappa shape index (κ3) is 3.51. The maximum absolute atomic E-state index is 13.9. The van der Waals surface area contributed by atoms with Crippen molar-refractivity contribution < 1.29 is 23.2 Å². The zero-order valence-corrected chi connectivity index (χ0v) is 18.3. The summed E-state index contributed by atoms with van der Waals surface area (Å²) in [5.74, 6) is -2.93. The van der Waals surface area contributed by atoms with Gasteiger partial charge >= 0.3 is 0 Å². The van der Waals surface area contributed by atoms with E-state index in [0.717, 1.165) is 34.5 Å². The molecule has 0 unspecified atom stereocenters. The lowest BCUT2D eigenvalue weighted by atomic mass is 10.0. The number of carbonyl (C=O) groups is 3. The molecule has 8 nitrogen and oxygen atoms in total. The van der Waals surface area contributed by atoms with Gasteiger partial charge in [0.05, 0.1) is 5.69 Å². The molecule has 0 saturated carbocycles. The molecule has 0 aliphatic carbocycles. The van der Waals surface area contributed by atoms with E-state index in [2.05, 4.69) is 5.10 Å². The second-order valence-electron chi connectivity index (χ2n) is 8.41. The van der Waals surface area contributed by atoms with Gasteiger partial charge in [-0.15, -0.1) is 0 Å². The highest BCUT2D eigenvalue weighted by atomic mass is 19.1. The van der Waals surface area contributed by atoms with Crippen molar-refractivity contribution in [1.29, 1.82) is 0 Å². The zero-order chi connectivity index (χ0) is 24.1. The molecule has 0 spiro atoms. The zero-order valence-electron chi connectivity index (χ0n) is 18.3. The minimum absolute atomic E-state index is 0.0308. The second-order valence-corrected chi connectivity index (χ2v) is 8.41. The summed E-state index contributed by atoms with van der Waals surface area (Å²) in [6, 6.07) is 8.19. The van der Waals surface area contributed by atoms with Crippen LogP contribution in [0.5, 0.6) is 0 Å². The first-order valence-corrected chi connectivity index (χ1v) is 10.9. The van der Waals surface area contributed by atoms with Crippen molar-refractivity contribution in [1.82, 2.24) is 9.78 Å². The number of benzene rings is 2. The molecule has 3 aromatic rings. The first-order valence-electron chi connectivity index (χ1n) is 10.9. The quantitative estimate of drug-likeness (QED) is 0.640. The lowest BCUT2D eigenvalue weighted by molar-refractivity contribution is -0.117. The summed E-state index contributed by atoms with van der Waals surface area (Å²) in [7, 11) is 0. The monoisotopic (exact) mass is 465 g/mol. The molecule has 2 aromatic carbocycles. The highest BCUT2D eigenvalue weighted by Crippen LogP contribution is 2.33. The minimum Gasteiger partial charge on any atom is -0.364 e. The van der Waals surface area contributed by atoms with Gasteiger partial charge in [-0.3, -0.25) is 14.4 Å². The molecule has 1 fully saturated rings. The summed E-state index contributed by atoms with van der Waals surface area (Å²) in [4.78, 5) is 41.0. The predicted molar refractivity (Wildman–Crippen MR) is 120 cm³/mol.